The molecular weight excluding hydrogens is 276 g/mol. The maximum Gasteiger partial charge on any atom is 0.199 e. The van der Waals surface area contributed by atoms with Crippen LogP contribution < -0.4 is 4.74 Å². The molecule has 22 heavy (non-hydrogen) atoms. The van der Waals surface area contributed by atoms with Gasteiger partial charge in [0.2, 0.25) is 0 Å². The van der Waals surface area contributed by atoms with Gasteiger partial charge >= 0.3 is 0 Å². The van der Waals surface area contributed by atoms with Gasteiger partial charge in [-0.15, -0.1) is 0 Å². The van der Waals surface area contributed by atoms with E-state index in [2.05, 4.69) is 0 Å². The number of ether oxygens (including phenoxy) is 2. The van der Waals surface area contributed by atoms with E-state index in [0.29, 0.717) is 12.0 Å². The van der Waals surface area contributed by atoms with E-state index in [4.69, 9.17) is 9.47 Å². The molecule has 3 nitrogen and oxygen atoms in total. The Morgan fingerprint density at radius 2 is 1.82 bits per heavy atom. The minimum atomic E-state index is -0.153. The van der Waals surface area contributed by atoms with Crippen molar-refractivity contribution >= 4 is 5.78 Å². The lowest BCUT2D eigenvalue weighted by molar-refractivity contribution is -0.105. The summed E-state index contributed by atoms with van der Waals surface area (Å²) in [5, 5.41) is 0. The molecule has 1 heterocycles. The molecule has 0 aliphatic carbocycles. The van der Waals surface area contributed by atoms with E-state index in [1.165, 1.54) is 0 Å². The van der Waals surface area contributed by atoms with Crippen molar-refractivity contribution in [3.8, 4) is 5.75 Å². The van der Waals surface area contributed by atoms with Crippen molar-refractivity contribution in [1.29, 1.82) is 0 Å². The summed E-state index contributed by atoms with van der Waals surface area (Å²) in [4.78, 5) is 12.2. The third-order valence-corrected chi connectivity index (χ3v) is 3.79. The summed E-state index contributed by atoms with van der Waals surface area (Å²) in [6, 6.07) is 17.1. The first-order chi connectivity index (χ1) is 10.8. The predicted octanol–water partition coefficient (Wildman–Crippen LogP) is 4.02. The molecule has 0 saturated carbocycles. The third-order valence-electron chi connectivity index (χ3n) is 3.79. The SMILES string of the molecule is O=C(Cc1ccccc1)c1ccc(OC2CCCCO2)cc1. The van der Waals surface area contributed by atoms with Crippen LogP contribution in [0.3, 0.4) is 0 Å². The van der Waals surface area contributed by atoms with Gasteiger partial charge in [0.25, 0.3) is 0 Å². The van der Waals surface area contributed by atoms with Crippen LogP contribution in [0.15, 0.2) is 54.6 Å². The Kier molecular flexibility index (Phi) is 4.86. The summed E-state index contributed by atoms with van der Waals surface area (Å²) in [5.74, 6) is 0.870. The summed E-state index contributed by atoms with van der Waals surface area (Å²) in [6.45, 7) is 0.762. The van der Waals surface area contributed by atoms with Gasteiger partial charge in [-0.3, -0.25) is 4.79 Å². The third kappa shape index (κ3) is 3.95. The van der Waals surface area contributed by atoms with E-state index in [9.17, 15) is 4.79 Å². The summed E-state index contributed by atoms with van der Waals surface area (Å²) in [6.07, 6.45) is 3.44. The molecule has 0 bridgehead atoms. The summed E-state index contributed by atoms with van der Waals surface area (Å²) in [5.41, 5.74) is 1.74. The molecule has 1 fully saturated rings. The Balaban J connectivity index is 1.59. The zero-order valence-electron chi connectivity index (χ0n) is 12.5. The zero-order valence-corrected chi connectivity index (χ0v) is 12.5. The lowest BCUT2D eigenvalue weighted by Crippen LogP contribution is -2.24. The van der Waals surface area contributed by atoms with Gasteiger partial charge in [0.15, 0.2) is 12.1 Å². The molecule has 3 heteroatoms. The highest BCUT2D eigenvalue weighted by atomic mass is 16.7. The van der Waals surface area contributed by atoms with Crippen molar-refractivity contribution in [2.24, 2.45) is 0 Å². The van der Waals surface area contributed by atoms with E-state index < -0.39 is 0 Å². The number of rotatable bonds is 5. The summed E-state index contributed by atoms with van der Waals surface area (Å²) in [7, 11) is 0. The molecule has 0 N–H and O–H groups in total. The second-order valence-corrected chi connectivity index (χ2v) is 5.52. The largest absolute Gasteiger partial charge is 0.465 e. The van der Waals surface area contributed by atoms with Crippen LogP contribution in [0.25, 0.3) is 0 Å². The second-order valence-electron chi connectivity index (χ2n) is 5.52. The van der Waals surface area contributed by atoms with Crippen molar-refractivity contribution in [2.45, 2.75) is 32.0 Å². The molecule has 3 rings (SSSR count). The molecule has 1 unspecified atom stereocenters. The Hall–Kier alpha value is -2.13. The lowest BCUT2D eigenvalue weighted by atomic mass is 10.0. The van der Waals surface area contributed by atoms with Crippen molar-refractivity contribution < 1.29 is 14.3 Å². The van der Waals surface area contributed by atoms with Gasteiger partial charge in [-0.2, -0.15) is 0 Å². The van der Waals surface area contributed by atoms with Crippen LogP contribution in [0.4, 0.5) is 0 Å². The number of carbonyl (C=O) groups is 1. The first-order valence-electron chi connectivity index (χ1n) is 7.77. The van der Waals surface area contributed by atoms with Crippen LogP contribution in [-0.2, 0) is 11.2 Å². The molecule has 1 aliphatic heterocycles. The van der Waals surface area contributed by atoms with Crippen LogP contribution in [0.1, 0.15) is 35.2 Å². The smallest absolute Gasteiger partial charge is 0.199 e. The number of ketones is 1. The van der Waals surface area contributed by atoms with Gasteiger partial charge in [-0.05, 0) is 42.7 Å². The van der Waals surface area contributed by atoms with E-state index in [-0.39, 0.29) is 12.1 Å². The standard InChI is InChI=1S/C19H20O3/c20-18(14-15-6-2-1-3-7-15)16-9-11-17(12-10-16)22-19-8-4-5-13-21-19/h1-3,6-7,9-12,19H,4-5,8,13-14H2. The lowest BCUT2D eigenvalue weighted by Gasteiger charge is -2.23. The number of hydrogen-bond donors (Lipinski definition) is 0. The topological polar surface area (TPSA) is 35.5 Å². The van der Waals surface area contributed by atoms with Crippen LogP contribution in [0, 0.1) is 0 Å². The fourth-order valence-corrected chi connectivity index (χ4v) is 2.56. The van der Waals surface area contributed by atoms with Crippen molar-refractivity contribution in [3.05, 3.63) is 65.7 Å². The molecule has 114 valence electrons. The van der Waals surface area contributed by atoms with Crippen LogP contribution in [0.2, 0.25) is 0 Å². The van der Waals surface area contributed by atoms with Crippen molar-refractivity contribution in [3.63, 3.8) is 0 Å². The minimum absolute atomic E-state index is 0.117. The molecule has 0 spiro atoms. The second kappa shape index (κ2) is 7.23. The van der Waals surface area contributed by atoms with Crippen LogP contribution in [0.5, 0.6) is 5.75 Å². The average Bonchev–Trinajstić information content (AvgIpc) is 2.57. The van der Waals surface area contributed by atoms with Gasteiger partial charge < -0.3 is 9.47 Å². The minimum Gasteiger partial charge on any atom is -0.465 e. The van der Waals surface area contributed by atoms with E-state index in [0.717, 1.165) is 37.2 Å². The maximum absolute atomic E-state index is 12.2. The summed E-state index contributed by atoms with van der Waals surface area (Å²) >= 11 is 0. The molecule has 1 saturated heterocycles. The molecule has 0 radical (unpaired) electrons. The van der Waals surface area contributed by atoms with E-state index >= 15 is 0 Å². The molecule has 1 atom stereocenters. The molecule has 0 aromatic heterocycles. The quantitative estimate of drug-likeness (QED) is 0.782. The normalized spacial score (nSPS) is 17.9. The highest BCUT2D eigenvalue weighted by Gasteiger charge is 2.15. The van der Waals surface area contributed by atoms with Gasteiger partial charge in [0, 0.05) is 18.4 Å². The number of Topliss-reactive ketones (excluding diaryl/α,β-unsaturated/α-hetero) is 1. The van der Waals surface area contributed by atoms with Crippen molar-refractivity contribution in [2.75, 3.05) is 6.61 Å². The molecule has 0 amide bonds. The first kappa shape index (κ1) is 14.8. The van der Waals surface area contributed by atoms with Gasteiger partial charge in [0.1, 0.15) is 5.75 Å². The molecule has 2 aromatic carbocycles. The predicted molar refractivity (Wildman–Crippen MR) is 85.1 cm³/mol. The van der Waals surface area contributed by atoms with Gasteiger partial charge in [-0.1, -0.05) is 30.3 Å². The highest BCUT2D eigenvalue weighted by molar-refractivity contribution is 5.97. The monoisotopic (exact) mass is 296 g/mol. The Morgan fingerprint density at radius 3 is 2.50 bits per heavy atom. The number of benzene rings is 2. The fraction of sp³-hybridized carbons (Fsp3) is 0.316. The molecule has 2 aromatic rings. The van der Waals surface area contributed by atoms with Gasteiger partial charge in [-0.25, -0.2) is 0 Å². The van der Waals surface area contributed by atoms with Crippen LogP contribution >= 0.6 is 0 Å². The number of carbonyl (C=O) groups excluding carboxylic acids is 1. The molecular formula is C19H20O3. The highest BCUT2D eigenvalue weighted by Crippen LogP contribution is 2.20. The van der Waals surface area contributed by atoms with E-state index in [1.54, 1.807) is 0 Å². The average molecular weight is 296 g/mol. The maximum atomic E-state index is 12.2. The zero-order chi connectivity index (χ0) is 15.2. The molecule has 1 aliphatic rings. The summed E-state index contributed by atoms with van der Waals surface area (Å²) < 4.78 is 11.3. The van der Waals surface area contributed by atoms with Crippen molar-refractivity contribution in [1.82, 2.24) is 0 Å². The Labute approximate surface area is 130 Å². The Bertz CT molecular complexity index is 598. The van der Waals surface area contributed by atoms with Gasteiger partial charge in [0.05, 0.1) is 6.61 Å². The Morgan fingerprint density at radius 1 is 1.05 bits per heavy atom. The first-order valence-corrected chi connectivity index (χ1v) is 7.77. The number of hydrogen-bond acceptors (Lipinski definition) is 3. The van der Waals surface area contributed by atoms with E-state index in [1.807, 2.05) is 54.6 Å². The van der Waals surface area contributed by atoms with Crippen LogP contribution in [-0.4, -0.2) is 18.7 Å². The fourth-order valence-electron chi connectivity index (χ4n) is 2.56.